The zero-order valence-electron chi connectivity index (χ0n) is 16.1. The topological polar surface area (TPSA) is 128 Å². The van der Waals surface area contributed by atoms with Crippen LogP contribution in [0.15, 0.2) is 54.1 Å². The Kier molecular flexibility index (Phi) is 6.11. The Morgan fingerprint density at radius 2 is 1.83 bits per heavy atom. The van der Waals surface area contributed by atoms with Crippen LogP contribution in [0.3, 0.4) is 0 Å². The number of ether oxygens (including phenoxy) is 2. The van der Waals surface area contributed by atoms with Gasteiger partial charge in [-0.05, 0) is 29.3 Å². The van der Waals surface area contributed by atoms with Crippen molar-refractivity contribution >= 4 is 29.8 Å². The zero-order chi connectivity index (χ0) is 21.7. The number of methoxy groups -OCH3 is 1. The number of amides is 5. The van der Waals surface area contributed by atoms with Crippen molar-refractivity contribution in [3.8, 4) is 11.5 Å². The van der Waals surface area contributed by atoms with E-state index in [4.69, 9.17) is 15.2 Å². The molecular weight excluding hydrogens is 390 g/mol. The molecule has 0 bridgehead atoms. The molecule has 5 amide bonds. The second-order valence-corrected chi connectivity index (χ2v) is 6.36. The number of urea groups is 1. The number of hydrogen-bond acceptors (Lipinski definition) is 6. The van der Waals surface area contributed by atoms with Crippen LogP contribution < -0.4 is 20.5 Å². The first kappa shape index (κ1) is 20.6. The molecule has 1 fully saturated rings. The molecule has 1 aliphatic heterocycles. The van der Waals surface area contributed by atoms with Crippen LogP contribution in [0, 0.1) is 0 Å². The van der Waals surface area contributed by atoms with Crippen LogP contribution in [0.4, 0.5) is 4.79 Å². The molecule has 0 atom stereocenters. The van der Waals surface area contributed by atoms with Crippen molar-refractivity contribution in [2.75, 3.05) is 13.7 Å². The van der Waals surface area contributed by atoms with Crippen LogP contribution in [-0.4, -0.2) is 42.4 Å². The first-order valence-corrected chi connectivity index (χ1v) is 8.91. The standard InChI is InChI=1S/C21H19N3O6/c1-29-17-10-14(7-8-16(17)30-12-18(22)25)9-15-19(26)23-21(28)24(20(15)27)11-13-5-3-2-4-6-13/h2-10H,11-12H2,1H3,(H2,22,25)(H,23,26,28). The van der Waals surface area contributed by atoms with Crippen molar-refractivity contribution < 1.29 is 28.7 Å². The van der Waals surface area contributed by atoms with E-state index in [-0.39, 0.29) is 30.2 Å². The van der Waals surface area contributed by atoms with Crippen molar-refractivity contribution in [1.29, 1.82) is 0 Å². The minimum Gasteiger partial charge on any atom is -0.493 e. The van der Waals surface area contributed by atoms with E-state index in [0.717, 1.165) is 10.5 Å². The Labute approximate surface area is 172 Å². The van der Waals surface area contributed by atoms with Crippen LogP contribution in [-0.2, 0) is 20.9 Å². The molecule has 154 valence electrons. The lowest BCUT2D eigenvalue weighted by molar-refractivity contribution is -0.130. The van der Waals surface area contributed by atoms with E-state index in [1.54, 1.807) is 30.3 Å². The van der Waals surface area contributed by atoms with Crippen LogP contribution in [0.5, 0.6) is 11.5 Å². The van der Waals surface area contributed by atoms with Gasteiger partial charge in [0.1, 0.15) is 5.57 Å². The van der Waals surface area contributed by atoms with Crippen LogP contribution in [0.1, 0.15) is 11.1 Å². The van der Waals surface area contributed by atoms with Crippen molar-refractivity contribution in [3.63, 3.8) is 0 Å². The first-order chi connectivity index (χ1) is 14.4. The van der Waals surface area contributed by atoms with Gasteiger partial charge in [0.15, 0.2) is 18.1 Å². The summed E-state index contributed by atoms with van der Waals surface area (Å²) in [6.45, 7) is -0.298. The third-order valence-corrected chi connectivity index (χ3v) is 4.24. The molecule has 2 aromatic carbocycles. The highest BCUT2D eigenvalue weighted by Crippen LogP contribution is 2.29. The number of barbiturate groups is 1. The number of hydrogen-bond donors (Lipinski definition) is 2. The molecule has 3 rings (SSSR count). The van der Waals surface area contributed by atoms with Gasteiger partial charge in [-0.2, -0.15) is 0 Å². The van der Waals surface area contributed by atoms with E-state index >= 15 is 0 Å². The lowest BCUT2D eigenvalue weighted by Crippen LogP contribution is -2.53. The Hall–Kier alpha value is -4.14. The molecule has 1 heterocycles. The lowest BCUT2D eigenvalue weighted by atomic mass is 10.1. The summed E-state index contributed by atoms with van der Waals surface area (Å²) in [5, 5.41) is 2.17. The maximum absolute atomic E-state index is 12.8. The fraction of sp³-hybridized carbons (Fsp3) is 0.143. The van der Waals surface area contributed by atoms with Gasteiger partial charge in [0.05, 0.1) is 13.7 Å². The minimum absolute atomic E-state index is 0.0271. The van der Waals surface area contributed by atoms with E-state index < -0.39 is 23.8 Å². The molecule has 3 N–H and O–H groups in total. The number of rotatable bonds is 7. The largest absolute Gasteiger partial charge is 0.493 e. The molecule has 0 saturated carbocycles. The summed E-state index contributed by atoms with van der Waals surface area (Å²) in [5.41, 5.74) is 6.08. The highest BCUT2D eigenvalue weighted by molar-refractivity contribution is 6.30. The summed E-state index contributed by atoms with van der Waals surface area (Å²) in [4.78, 5) is 49.1. The first-order valence-electron chi connectivity index (χ1n) is 8.91. The molecular formula is C21H19N3O6. The maximum atomic E-state index is 12.8. The van der Waals surface area contributed by atoms with Crippen molar-refractivity contribution in [2.45, 2.75) is 6.54 Å². The van der Waals surface area contributed by atoms with E-state index in [0.29, 0.717) is 5.56 Å². The van der Waals surface area contributed by atoms with Gasteiger partial charge in [0, 0.05) is 0 Å². The van der Waals surface area contributed by atoms with E-state index in [2.05, 4.69) is 5.32 Å². The highest BCUT2D eigenvalue weighted by Gasteiger charge is 2.35. The molecule has 0 radical (unpaired) electrons. The normalized spacial score (nSPS) is 15.2. The Balaban J connectivity index is 1.87. The molecule has 0 aliphatic carbocycles. The summed E-state index contributed by atoms with van der Waals surface area (Å²) in [6, 6.07) is 12.8. The smallest absolute Gasteiger partial charge is 0.331 e. The molecule has 1 aliphatic rings. The Bertz CT molecular complexity index is 1030. The fourth-order valence-electron chi connectivity index (χ4n) is 2.81. The van der Waals surface area contributed by atoms with Gasteiger partial charge in [0.25, 0.3) is 17.7 Å². The molecule has 9 nitrogen and oxygen atoms in total. The Morgan fingerprint density at radius 3 is 2.50 bits per heavy atom. The van der Waals surface area contributed by atoms with Crippen LogP contribution >= 0.6 is 0 Å². The molecule has 30 heavy (non-hydrogen) atoms. The van der Waals surface area contributed by atoms with Gasteiger partial charge < -0.3 is 15.2 Å². The third-order valence-electron chi connectivity index (χ3n) is 4.24. The number of imide groups is 2. The number of nitrogens with two attached hydrogens (primary N) is 1. The van der Waals surface area contributed by atoms with Crippen LogP contribution in [0.2, 0.25) is 0 Å². The summed E-state index contributed by atoms with van der Waals surface area (Å²) in [5.74, 6) is -1.58. The van der Waals surface area contributed by atoms with Gasteiger partial charge in [-0.15, -0.1) is 0 Å². The van der Waals surface area contributed by atoms with Gasteiger partial charge in [0.2, 0.25) is 0 Å². The highest BCUT2D eigenvalue weighted by atomic mass is 16.5. The summed E-state index contributed by atoms with van der Waals surface area (Å²) in [6.07, 6.45) is 1.35. The number of primary amides is 1. The molecule has 1 saturated heterocycles. The summed E-state index contributed by atoms with van der Waals surface area (Å²) in [7, 11) is 1.40. The fourth-order valence-corrected chi connectivity index (χ4v) is 2.81. The van der Waals surface area contributed by atoms with Gasteiger partial charge >= 0.3 is 6.03 Å². The average molecular weight is 409 g/mol. The predicted molar refractivity (Wildman–Crippen MR) is 106 cm³/mol. The molecule has 0 spiro atoms. The lowest BCUT2D eigenvalue weighted by Gasteiger charge is -2.26. The Morgan fingerprint density at radius 1 is 1.10 bits per heavy atom. The predicted octanol–water partition coefficient (Wildman–Crippen LogP) is 1.22. The number of carbonyl (C=O) groups is 4. The number of nitrogens with zero attached hydrogens (tertiary/aromatic N) is 1. The zero-order valence-corrected chi connectivity index (χ0v) is 16.1. The average Bonchev–Trinajstić information content (AvgIpc) is 2.73. The molecule has 0 unspecified atom stereocenters. The van der Waals surface area contributed by atoms with Gasteiger partial charge in [-0.1, -0.05) is 36.4 Å². The SMILES string of the molecule is COc1cc(C=C2C(=O)NC(=O)N(Cc3ccccc3)C2=O)ccc1OCC(N)=O. The monoisotopic (exact) mass is 409 g/mol. The van der Waals surface area contributed by atoms with Gasteiger partial charge in [-0.3, -0.25) is 24.6 Å². The van der Waals surface area contributed by atoms with E-state index in [1.165, 1.54) is 25.3 Å². The summed E-state index contributed by atoms with van der Waals surface area (Å²) >= 11 is 0. The van der Waals surface area contributed by atoms with Crippen molar-refractivity contribution in [2.24, 2.45) is 5.73 Å². The maximum Gasteiger partial charge on any atom is 0.331 e. The van der Waals surface area contributed by atoms with Crippen molar-refractivity contribution in [3.05, 3.63) is 65.2 Å². The molecule has 0 aromatic heterocycles. The molecule has 9 heteroatoms. The number of carbonyl (C=O) groups excluding carboxylic acids is 4. The second kappa shape index (κ2) is 8.91. The molecule has 2 aromatic rings. The number of nitrogens with one attached hydrogen (secondary N) is 1. The summed E-state index contributed by atoms with van der Waals surface area (Å²) < 4.78 is 10.5. The van der Waals surface area contributed by atoms with Gasteiger partial charge in [-0.25, -0.2) is 4.79 Å². The minimum atomic E-state index is -0.790. The second-order valence-electron chi connectivity index (χ2n) is 6.36. The van der Waals surface area contributed by atoms with Crippen LogP contribution in [0.25, 0.3) is 6.08 Å². The number of benzene rings is 2. The van der Waals surface area contributed by atoms with Crippen molar-refractivity contribution in [1.82, 2.24) is 10.2 Å². The van der Waals surface area contributed by atoms with E-state index in [9.17, 15) is 19.2 Å². The third kappa shape index (κ3) is 4.64. The van der Waals surface area contributed by atoms with E-state index in [1.807, 2.05) is 6.07 Å². The quantitative estimate of drug-likeness (QED) is 0.523.